The maximum absolute atomic E-state index is 11.8. The van der Waals surface area contributed by atoms with Crippen molar-refractivity contribution in [2.45, 2.75) is 19.1 Å². The number of carbonyl (C=O) groups excluding carboxylic acids is 1. The molecule has 1 saturated heterocycles. The Bertz CT molecular complexity index is 399. The van der Waals surface area contributed by atoms with Gasteiger partial charge in [0.2, 0.25) is 5.91 Å². The largest absolute Gasteiger partial charge is 0.355 e. The van der Waals surface area contributed by atoms with E-state index in [-0.39, 0.29) is 11.8 Å². The third-order valence-corrected chi connectivity index (χ3v) is 4.40. The van der Waals surface area contributed by atoms with E-state index in [1.807, 2.05) is 11.8 Å². The highest BCUT2D eigenvalue weighted by Crippen LogP contribution is 2.12. The molecule has 1 aliphatic heterocycles. The number of benzene rings is 1. The molecule has 1 aromatic rings. The van der Waals surface area contributed by atoms with E-state index in [1.165, 1.54) is 11.1 Å². The summed E-state index contributed by atoms with van der Waals surface area (Å²) in [6.07, 6.45) is 0.975. The molecule has 19 heavy (non-hydrogen) atoms. The molecule has 3 nitrogen and oxygen atoms in total. The highest BCUT2D eigenvalue weighted by molar-refractivity contribution is 7.98. The Kier molecular flexibility index (Phi) is 5.73. The van der Waals surface area contributed by atoms with Crippen molar-refractivity contribution in [1.29, 1.82) is 0 Å². The number of nitrogens with one attached hydrogen (secondary N) is 2. The maximum atomic E-state index is 11.8. The molecule has 1 amide bonds. The number of aryl methyl sites for hydroxylation is 1. The lowest BCUT2D eigenvalue weighted by Crippen LogP contribution is -2.33. The summed E-state index contributed by atoms with van der Waals surface area (Å²) in [7, 11) is 0. The van der Waals surface area contributed by atoms with E-state index >= 15 is 0 Å². The third kappa shape index (κ3) is 4.88. The molecule has 1 aliphatic rings. The number of thioether (sulfide) groups is 1. The highest BCUT2D eigenvalue weighted by atomic mass is 32.2. The molecule has 1 unspecified atom stereocenters. The standard InChI is InChI=1S/C15H22N2OS/c1-12-2-4-13(5-3-12)11-19-9-8-17-15(18)14-6-7-16-10-14/h2-5,14,16H,6-11H2,1H3,(H,17,18). The minimum absolute atomic E-state index is 0.182. The molecule has 0 aliphatic carbocycles. The quantitative estimate of drug-likeness (QED) is 0.782. The van der Waals surface area contributed by atoms with Crippen LogP contribution in [0.15, 0.2) is 24.3 Å². The van der Waals surface area contributed by atoms with Gasteiger partial charge in [-0.3, -0.25) is 4.79 Å². The van der Waals surface area contributed by atoms with Crippen molar-refractivity contribution in [2.75, 3.05) is 25.4 Å². The smallest absolute Gasteiger partial charge is 0.224 e. The first-order valence-corrected chi connectivity index (χ1v) is 8.03. The fourth-order valence-electron chi connectivity index (χ4n) is 2.14. The van der Waals surface area contributed by atoms with Gasteiger partial charge in [-0.1, -0.05) is 29.8 Å². The summed E-state index contributed by atoms with van der Waals surface area (Å²) in [4.78, 5) is 11.8. The number of amides is 1. The van der Waals surface area contributed by atoms with Crippen LogP contribution in [0.2, 0.25) is 0 Å². The van der Waals surface area contributed by atoms with E-state index in [0.29, 0.717) is 0 Å². The molecule has 0 saturated carbocycles. The van der Waals surface area contributed by atoms with E-state index in [1.54, 1.807) is 0 Å². The van der Waals surface area contributed by atoms with Crippen LogP contribution in [0.3, 0.4) is 0 Å². The second-order valence-electron chi connectivity index (χ2n) is 5.02. The third-order valence-electron chi connectivity index (χ3n) is 3.37. The zero-order valence-corrected chi connectivity index (χ0v) is 12.3. The first-order chi connectivity index (χ1) is 9.25. The first kappa shape index (κ1) is 14.4. The molecule has 0 aromatic heterocycles. The van der Waals surface area contributed by atoms with Gasteiger partial charge in [-0.05, 0) is 25.5 Å². The van der Waals surface area contributed by atoms with Gasteiger partial charge >= 0.3 is 0 Å². The number of rotatable bonds is 6. The molecule has 104 valence electrons. The fraction of sp³-hybridized carbons (Fsp3) is 0.533. The van der Waals surface area contributed by atoms with Crippen LogP contribution < -0.4 is 10.6 Å². The lowest BCUT2D eigenvalue weighted by Gasteiger charge is -2.09. The predicted molar refractivity (Wildman–Crippen MR) is 81.3 cm³/mol. The van der Waals surface area contributed by atoms with E-state index in [2.05, 4.69) is 41.8 Å². The summed E-state index contributed by atoms with van der Waals surface area (Å²) in [5.74, 6) is 2.38. The molecule has 4 heteroatoms. The molecule has 1 aromatic carbocycles. The van der Waals surface area contributed by atoms with Crippen LogP contribution in [0.5, 0.6) is 0 Å². The Morgan fingerprint density at radius 1 is 1.42 bits per heavy atom. The van der Waals surface area contributed by atoms with E-state index in [0.717, 1.165) is 37.6 Å². The van der Waals surface area contributed by atoms with Crippen LogP contribution >= 0.6 is 11.8 Å². The second kappa shape index (κ2) is 7.56. The Labute approximate surface area is 119 Å². The van der Waals surface area contributed by atoms with Crippen LogP contribution in [-0.2, 0) is 10.5 Å². The van der Waals surface area contributed by atoms with Gasteiger partial charge in [0.1, 0.15) is 0 Å². The van der Waals surface area contributed by atoms with Crippen molar-refractivity contribution in [3.8, 4) is 0 Å². The zero-order valence-electron chi connectivity index (χ0n) is 11.4. The van der Waals surface area contributed by atoms with E-state index in [4.69, 9.17) is 0 Å². The minimum Gasteiger partial charge on any atom is -0.355 e. The van der Waals surface area contributed by atoms with Gasteiger partial charge in [-0.15, -0.1) is 0 Å². The fourth-order valence-corrected chi connectivity index (χ4v) is 2.96. The summed E-state index contributed by atoms with van der Waals surface area (Å²) in [5, 5.41) is 6.24. The molecule has 1 fully saturated rings. The van der Waals surface area contributed by atoms with Crippen molar-refractivity contribution in [3.05, 3.63) is 35.4 Å². The number of carbonyl (C=O) groups is 1. The average molecular weight is 278 g/mol. The van der Waals surface area contributed by atoms with Gasteiger partial charge in [0.05, 0.1) is 5.92 Å². The van der Waals surface area contributed by atoms with Gasteiger partial charge in [-0.25, -0.2) is 0 Å². The van der Waals surface area contributed by atoms with Crippen molar-refractivity contribution in [3.63, 3.8) is 0 Å². The Hall–Kier alpha value is -1.00. The van der Waals surface area contributed by atoms with Gasteiger partial charge in [0.25, 0.3) is 0 Å². The molecule has 0 bridgehead atoms. The summed E-state index contributed by atoms with van der Waals surface area (Å²) in [5.41, 5.74) is 2.65. The summed E-state index contributed by atoms with van der Waals surface area (Å²) in [6.45, 7) is 4.68. The molecule has 0 spiro atoms. The summed E-state index contributed by atoms with van der Waals surface area (Å²) < 4.78 is 0. The highest BCUT2D eigenvalue weighted by Gasteiger charge is 2.21. The molecular formula is C15H22N2OS. The molecule has 0 radical (unpaired) electrons. The molecule has 2 N–H and O–H groups in total. The van der Waals surface area contributed by atoms with Gasteiger partial charge in [-0.2, -0.15) is 11.8 Å². The van der Waals surface area contributed by atoms with Gasteiger partial charge in [0.15, 0.2) is 0 Å². The molecular weight excluding hydrogens is 256 g/mol. The van der Waals surface area contributed by atoms with Gasteiger partial charge < -0.3 is 10.6 Å². The van der Waals surface area contributed by atoms with Crippen molar-refractivity contribution in [2.24, 2.45) is 5.92 Å². The van der Waals surface area contributed by atoms with Crippen LogP contribution in [0.4, 0.5) is 0 Å². The topological polar surface area (TPSA) is 41.1 Å². The van der Waals surface area contributed by atoms with Gasteiger partial charge in [0, 0.05) is 24.6 Å². The van der Waals surface area contributed by atoms with Crippen LogP contribution in [0, 0.1) is 12.8 Å². The van der Waals surface area contributed by atoms with E-state index < -0.39 is 0 Å². The van der Waals surface area contributed by atoms with Crippen molar-refractivity contribution < 1.29 is 4.79 Å². The molecule has 2 rings (SSSR count). The normalized spacial score (nSPS) is 18.5. The van der Waals surface area contributed by atoms with E-state index in [9.17, 15) is 4.79 Å². The Balaban J connectivity index is 1.56. The number of hydrogen-bond acceptors (Lipinski definition) is 3. The van der Waals surface area contributed by atoms with Crippen LogP contribution in [0.1, 0.15) is 17.5 Å². The lowest BCUT2D eigenvalue weighted by molar-refractivity contribution is -0.124. The SMILES string of the molecule is Cc1ccc(CSCCNC(=O)C2CCNC2)cc1. The summed E-state index contributed by atoms with van der Waals surface area (Å²) in [6, 6.07) is 8.63. The molecule has 1 heterocycles. The Morgan fingerprint density at radius 2 is 2.21 bits per heavy atom. The van der Waals surface area contributed by atoms with Crippen molar-refractivity contribution in [1.82, 2.24) is 10.6 Å². The predicted octanol–water partition coefficient (Wildman–Crippen LogP) is 1.95. The first-order valence-electron chi connectivity index (χ1n) is 6.87. The molecule has 1 atom stereocenters. The second-order valence-corrected chi connectivity index (χ2v) is 6.12. The average Bonchev–Trinajstić information content (AvgIpc) is 2.94. The zero-order chi connectivity index (χ0) is 13.5. The van der Waals surface area contributed by atoms with Crippen molar-refractivity contribution >= 4 is 17.7 Å². The van der Waals surface area contributed by atoms with Crippen LogP contribution in [-0.4, -0.2) is 31.3 Å². The summed E-state index contributed by atoms with van der Waals surface area (Å²) >= 11 is 1.87. The monoisotopic (exact) mass is 278 g/mol. The lowest BCUT2D eigenvalue weighted by atomic mass is 10.1. The van der Waals surface area contributed by atoms with Crippen LogP contribution in [0.25, 0.3) is 0 Å². The minimum atomic E-state index is 0.182. The Morgan fingerprint density at radius 3 is 2.89 bits per heavy atom. The maximum Gasteiger partial charge on any atom is 0.224 e. The number of hydrogen-bond donors (Lipinski definition) is 2.